The van der Waals surface area contributed by atoms with E-state index in [4.69, 9.17) is 11.6 Å². The van der Waals surface area contributed by atoms with Gasteiger partial charge in [0.1, 0.15) is 0 Å². The number of carbonyl (C=O) groups is 1. The van der Waals surface area contributed by atoms with Crippen LogP contribution in [0.25, 0.3) is 10.8 Å². The summed E-state index contributed by atoms with van der Waals surface area (Å²) in [6.07, 6.45) is 0. The molecule has 2 N–H and O–H groups in total. The van der Waals surface area contributed by atoms with E-state index in [1.165, 1.54) is 0 Å². The summed E-state index contributed by atoms with van der Waals surface area (Å²) in [6.45, 7) is 1.18. The van der Waals surface area contributed by atoms with Gasteiger partial charge in [0.05, 0.1) is 13.2 Å². The molecule has 2 aromatic carbocycles. The van der Waals surface area contributed by atoms with Crippen LogP contribution in [0.2, 0.25) is 5.02 Å². The lowest BCUT2D eigenvalue weighted by Gasteiger charge is -2.24. The third-order valence-corrected chi connectivity index (χ3v) is 5.99. The molecular weight excluding hydrogens is 314 g/mol. The molecular formula is C18H18ClNO3. The summed E-state index contributed by atoms with van der Waals surface area (Å²) >= 11 is 6.22. The van der Waals surface area contributed by atoms with Crippen molar-refractivity contribution in [1.29, 1.82) is 0 Å². The van der Waals surface area contributed by atoms with E-state index in [1.54, 1.807) is 0 Å². The number of carbonyl (C=O) groups excluding carboxylic acids is 1. The number of hydrogen-bond donors (Lipinski definition) is 2. The Morgan fingerprint density at radius 2 is 1.70 bits per heavy atom. The minimum atomic E-state index is -0.376. The van der Waals surface area contributed by atoms with E-state index in [1.807, 2.05) is 41.3 Å². The Balaban J connectivity index is 1.62. The Morgan fingerprint density at radius 1 is 1.09 bits per heavy atom. The fraction of sp³-hybridized carbons (Fsp3) is 0.389. The molecule has 2 atom stereocenters. The van der Waals surface area contributed by atoms with E-state index in [2.05, 4.69) is 0 Å². The maximum absolute atomic E-state index is 12.9. The molecule has 4 nitrogen and oxygen atoms in total. The van der Waals surface area contributed by atoms with Gasteiger partial charge in [-0.05, 0) is 29.4 Å². The van der Waals surface area contributed by atoms with Gasteiger partial charge in [0.15, 0.2) is 0 Å². The zero-order valence-corrected chi connectivity index (χ0v) is 13.3. The molecule has 0 aromatic heterocycles. The molecule has 5 heteroatoms. The third kappa shape index (κ3) is 2.02. The topological polar surface area (TPSA) is 60.8 Å². The Kier molecular flexibility index (Phi) is 3.38. The summed E-state index contributed by atoms with van der Waals surface area (Å²) in [5.74, 6) is 0.412. The lowest BCUT2D eigenvalue weighted by molar-refractivity contribution is 0.0638. The molecule has 1 aliphatic heterocycles. The molecule has 120 valence electrons. The van der Waals surface area contributed by atoms with Crippen LogP contribution in [0.15, 0.2) is 36.4 Å². The van der Waals surface area contributed by atoms with Crippen molar-refractivity contribution in [1.82, 2.24) is 4.90 Å². The Labute approximate surface area is 139 Å². The first kappa shape index (κ1) is 14.9. The molecule has 0 radical (unpaired) electrons. The van der Waals surface area contributed by atoms with Gasteiger partial charge in [0, 0.05) is 34.5 Å². The van der Waals surface area contributed by atoms with Crippen molar-refractivity contribution in [2.45, 2.75) is 0 Å². The molecule has 0 spiro atoms. The van der Waals surface area contributed by atoms with E-state index < -0.39 is 0 Å². The van der Waals surface area contributed by atoms with Crippen LogP contribution in [0.3, 0.4) is 0 Å². The molecule has 2 aromatic rings. The van der Waals surface area contributed by atoms with Crippen LogP contribution in [0.4, 0.5) is 0 Å². The smallest absolute Gasteiger partial charge is 0.254 e. The highest BCUT2D eigenvalue weighted by molar-refractivity contribution is 6.36. The lowest BCUT2D eigenvalue weighted by Crippen LogP contribution is -2.36. The van der Waals surface area contributed by atoms with Crippen LogP contribution in [0.1, 0.15) is 10.4 Å². The summed E-state index contributed by atoms with van der Waals surface area (Å²) in [6, 6.07) is 11.2. The second-order valence-electron chi connectivity index (χ2n) is 6.61. The number of piperidine rings is 1. The Hall–Kier alpha value is -1.62. The monoisotopic (exact) mass is 331 g/mol. The molecule has 1 heterocycles. The number of halogens is 1. The highest BCUT2D eigenvalue weighted by Gasteiger charge is 2.68. The number of likely N-dealkylation sites (tertiary alicyclic amines) is 1. The van der Waals surface area contributed by atoms with Crippen molar-refractivity contribution in [3.8, 4) is 0 Å². The number of hydrogen-bond acceptors (Lipinski definition) is 3. The molecule has 4 rings (SSSR count). The Bertz CT molecular complexity index is 773. The fourth-order valence-electron chi connectivity index (χ4n) is 4.15. The quantitative estimate of drug-likeness (QED) is 0.906. The SMILES string of the molecule is O=C(c1cccc2c(Cl)cccc12)N1CC2C(C1)C2(CO)CO. The second kappa shape index (κ2) is 5.20. The second-order valence-corrected chi connectivity index (χ2v) is 7.02. The molecule has 1 saturated carbocycles. The van der Waals surface area contributed by atoms with Crippen molar-refractivity contribution in [3.63, 3.8) is 0 Å². The van der Waals surface area contributed by atoms with Crippen LogP contribution in [-0.4, -0.2) is 47.3 Å². The summed E-state index contributed by atoms with van der Waals surface area (Å²) in [4.78, 5) is 14.7. The first-order chi connectivity index (χ1) is 11.1. The van der Waals surface area contributed by atoms with Crippen LogP contribution < -0.4 is 0 Å². The predicted octanol–water partition coefficient (Wildman–Crippen LogP) is 2.17. The number of fused-ring (bicyclic) bond motifs is 2. The first-order valence-corrected chi connectivity index (χ1v) is 8.18. The highest BCUT2D eigenvalue weighted by atomic mass is 35.5. The molecule has 2 unspecified atom stereocenters. The van der Waals surface area contributed by atoms with Gasteiger partial charge >= 0.3 is 0 Å². The van der Waals surface area contributed by atoms with Crippen molar-refractivity contribution in [2.75, 3.05) is 26.3 Å². The third-order valence-electron chi connectivity index (χ3n) is 5.66. The summed E-state index contributed by atoms with van der Waals surface area (Å²) in [5.41, 5.74) is 0.281. The zero-order valence-electron chi connectivity index (χ0n) is 12.6. The van der Waals surface area contributed by atoms with Gasteiger partial charge in [-0.2, -0.15) is 0 Å². The van der Waals surface area contributed by atoms with Gasteiger partial charge in [-0.25, -0.2) is 0 Å². The fourth-order valence-corrected chi connectivity index (χ4v) is 4.39. The molecule has 1 aliphatic carbocycles. The number of rotatable bonds is 3. The lowest BCUT2D eigenvalue weighted by atomic mass is 10.0. The molecule has 2 aliphatic rings. The van der Waals surface area contributed by atoms with Gasteiger partial charge in [-0.3, -0.25) is 4.79 Å². The maximum atomic E-state index is 12.9. The number of benzene rings is 2. The summed E-state index contributed by atoms with van der Waals surface area (Å²) < 4.78 is 0. The minimum absolute atomic E-state index is 0.00477. The van der Waals surface area contributed by atoms with E-state index in [-0.39, 0.29) is 36.4 Å². The van der Waals surface area contributed by atoms with Gasteiger partial charge in [0.2, 0.25) is 0 Å². The summed E-state index contributed by atoms with van der Waals surface area (Å²) in [7, 11) is 0. The number of nitrogens with zero attached hydrogens (tertiary/aromatic N) is 1. The molecule has 23 heavy (non-hydrogen) atoms. The maximum Gasteiger partial charge on any atom is 0.254 e. The number of amides is 1. The average Bonchev–Trinajstić information content (AvgIpc) is 2.94. The largest absolute Gasteiger partial charge is 0.396 e. The van der Waals surface area contributed by atoms with Crippen molar-refractivity contribution in [3.05, 3.63) is 47.0 Å². The van der Waals surface area contributed by atoms with Crippen molar-refractivity contribution < 1.29 is 15.0 Å². The van der Waals surface area contributed by atoms with Crippen molar-refractivity contribution in [2.24, 2.45) is 17.3 Å². The molecule has 1 saturated heterocycles. The standard InChI is InChI=1S/C18H18ClNO3/c19-16-6-2-3-11-12(16)4-1-5-13(11)17(23)20-7-14-15(8-20)18(14,9-21)10-22/h1-6,14-15,21-22H,7-10H2. The zero-order chi connectivity index (χ0) is 16.2. The number of aliphatic hydroxyl groups is 2. The van der Waals surface area contributed by atoms with E-state index >= 15 is 0 Å². The van der Waals surface area contributed by atoms with Crippen LogP contribution in [-0.2, 0) is 0 Å². The van der Waals surface area contributed by atoms with Crippen molar-refractivity contribution >= 4 is 28.3 Å². The first-order valence-electron chi connectivity index (χ1n) is 7.80. The molecule has 2 fully saturated rings. The van der Waals surface area contributed by atoms with E-state index in [0.717, 1.165) is 10.8 Å². The van der Waals surface area contributed by atoms with E-state index in [0.29, 0.717) is 23.7 Å². The summed E-state index contributed by atoms with van der Waals surface area (Å²) in [5, 5.41) is 21.4. The van der Waals surface area contributed by atoms with Gasteiger partial charge in [-0.15, -0.1) is 0 Å². The average molecular weight is 332 g/mol. The van der Waals surface area contributed by atoms with Gasteiger partial charge in [0.25, 0.3) is 5.91 Å². The normalized spacial score (nSPS) is 24.7. The van der Waals surface area contributed by atoms with Gasteiger partial charge in [-0.1, -0.05) is 35.9 Å². The highest BCUT2D eigenvalue weighted by Crippen LogP contribution is 2.62. The van der Waals surface area contributed by atoms with Crippen LogP contribution >= 0.6 is 11.6 Å². The van der Waals surface area contributed by atoms with E-state index in [9.17, 15) is 15.0 Å². The molecule has 0 bridgehead atoms. The van der Waals surface area contributed by atoms with Crippen LogP contribution in [0.5, 0.6) is 0 Å². The van der Waals surface area contributed by atoms with Crippen LogP contribution in [0, 0.1) is 17.3 Å². The molecule has 1 amide bonds. The minimum Gasteiger partial charge on any atom is -0.396 e. The number of aliphatic hydroxyl groups excluding tert-OH is 2. The predicted molar refractivity (Wildman–Crippen MR) is 88.4 cm³/mol. The van der Waals surface area contributed by atoms with Gasteiger partial charge < -0.3 is 15.1 Å². The Morgan fingerprint density at radius 3 is 2.35 bits per heavy atom.